The summed E-state index contributed by atoms with van der Waals surface area (Å²) in [6, 6.07) is 10.0. The summed E-state index contributed by atoms with van der Waals surface area (Å²) in [5.41, 5.74) is 2.27. The van der Waals surface area contributed by atoms with Gasteiger partial charge in [0.05, 0.1) is 0 Å². The molecule has 2 aromatic rings. The van der Waals surface area contributed by atoms with Crippen molar-refractivity contribution in [1.29, 1.82) is 0 Å². The molecule has 0 aromatic carbocycles. The Labute approximate surface area is 202 Å². The van der Waals surface area contributed by atoms with Gasteiger partial charge in [0.25, 0.3) is 0 Å². The molecule has 6 rings (SSSR count). The molecule has 2 bridgehead atoms. The first-order valence-corrected chi connectivity index (χ1v) is 14.5. The fraction of sp³-hybridized carbons (Fsp3) is 0.615. The third-order valence-corrected chi connectivity index (χ3v) is 11.2. The second-order valence-corrected chi connectivity index (χ2v) is 12.6. The summed E-state index contributed by atoms with van der Waals surface area (Å²) in [6.45, 7) is 3.16. The van der Waals surface area contributed by atoms with Crippen molar-refractivity contribution >= 4 is 15.0 Å². The molecule has 33 heavy (non-hydrogen) atoms. The van der Waals surface area contributed by atoms with Gasteiger partial charge in [-0.15, -0.1) is 0 Å². The summed E-state index contributed by atoms with van der Waals surface area (Å²) in [6.07, 6.45) is 15.8. The normalized spacial score (nSPS) is 31.4. The third-order valence-electron chi connectivity index (χ3n) is 7.42. The molecule has 176 valence electrons. The first kappa shape index (κ1) is 22.1. The predicted molar refractivity (Wildman–Crippen MR) is 122 cm³/mol. The number of pyridine rings is 2. The quantitative estimate of drug-likeness (QED) is 0.458. The Kier molecular flexibility index (Phi) is 6.78. The maximum absolute atomic E-state index is 5.77. The number of nitrogens with zero attached hydrogens (tertiary/aromatic N) is 2. The van der Waals surface area contributed by atoms with Crippen LogP contribution in [-0.2, 0) is 18.9 Å². The minimum absolute atomic E-state index is 0.191. The predicted octanol–water partition coefficient (Wildman–Crippen LogP) is 3.78. The van der Waals surface area contributed by atoms with Gasteiger partial charge in [-0.3, -0.25) is 0 Å². The Balaban J connectivity index is 1.09. The number of hydrogen-bond donors (Lipinski definition) is 0. The van der Waals surface area contributed by atoms with E-state index in [1.54, 1.807) is 0 Å². The topological polar surface area (TPSA) is 44.7 Å². The Hall–Kier alpha value is -1.34. The molecule has 4 fully saturated rings. The number of aromatic nitrogens is 2. The summed E-state index contributed by atoms with van der Waals surface area (Å²) < 4.78 is 28.0. The maximum atomic E-state index is 5.77. The molecular formula is C26H34N2O4Se+2. The van der Waals surface area contributed by atoms with Gasteiger partial charge in [-0.2, -0.15) is 0 Å². The van der Waals surface area contributed by atoms with Crippen LogP contribution >= 0.6 is 0 Å². The van der Waals surface area contributed by atoms with Crippen LogP contribution < -0.4 is 9.13 Å². The average molecular weight is 518 g/mol. The second kappa shape index (κ2) is 10.1. The van der Waals surface area contributed by atoms with Gasteiger partial charge in [0.2, 0.25) is 0 Å². The average Bonchev–Trinajstić information content (AvgIpc) is 2.90. The Morgan fingerprint density at radius 2 is 0.970 bits per heavy atom. The Morgan fingerprint density at radius 1 is 0.576 bits per heavy atom. The summed E-state index contributed by atoms with van der Waals surface area (Å²) >= 11 is 0.661. The van der Waals surface area contributed by atoms with Crippen LogP contribution in [0.25, 0.3) is 0 Å². The fourth-order valence-electron chi connectivity index (χ4n) is 5.67. The van der Waals surface area contributed by atoms with Crippen molar-refractivity contribution in [1.82, 2.24) is 0 Å². The van der Waals surface area contributed by atoms with E-state index < -0.39 is 0 Å². The summed E-state index contributed by atoms with van der Waals surface area (Å²) in [4.78, 5) is 1.66. The number of rotatable bonds is 4. The van der Waals surface area contributed by atoms with E-state index in [4.69, 9.17) is 18.9 Å². The molecule has 0 amide bonds. The van der Waals surface area contributed by atoms with Crippen molar-refractivity contribution in [2.24, 2.45) is 0 Å². The van der Waals surface area contributed by atoms with E-state index >= 15 is 0 Å². The van der Waals surface area contributed by atoms with Crippen LogP contribution in [0.15, 0.2) is 49.1 Å². The molecule has 2 aromatic heterocycles. The monoisotopic (exact) mass is 518 g/mol. The number of hydrogen-bond acceptors (Lipinski definition) is 4. The van der Waals surface area contributed by atoms with Crippen molar-refractivity contribution in [3.63, 3.8) is 0 Å². The van der Waals surface area contributed by atoms with Gasteiger partial charge in [0.15, 0.2) is 0 Å². The van der Waals surface area contributed by atoms with Crippen molar-refractivity contribution < 1.29 is 28.1 Å². The van der Waals surface area contributed by atoms with E-state index in [0.29, 0.717) is 27.0 Å². The fourth-order valence-corrected chi connectivity index (χ4v) is 9.67. The van der Waals surface area contributed by atoms with Gasteiger partial charge in [-0.1, -0.05) is 0 Å². The van der Waals surface area contributed by atoms with E-state index in [2.05, 4.69) is 58.2 Å². The third kappa shape index (κ3) is 4.77. The zero-order valence-corrected chi connectivity index (χ0v) is 20.8. The number of ether oxygens (including phenoxy) is 4. The van der Waals surface area contributed by atoms with Gasteiger partial charge < -0.3 is 0 Å². The molecule has 7 heteroatoms. The van der Waals surface area contributed by atoms with Crippen molar-refractivity contribution in [2.45, 2.75) is 72.8 Å². The first-order valence-electron chi connectivity index (χ1n) is 12.5. The number of fused-ring (bicyclic) bond motifs is 2. The van der Waals surface area contributed by atoms with Gasteiger partial charge in [-0.25, -0.2) is 0 Å². The standard InChI is InChI=1S/C26H34N2O4Se/c1-15-29-25(30-16-1)19-7-11-27(12-8-19)21-3-5-24-22(4-6-23(21)33-24)28-13-9-20(10-14-28)26-31-17-2-18-32-26/h7-14,21-26H,1-6,15-18H2/q+2. The molecule has 0 spiro atoms. The molecule has 4 aliphatic heterocycles. The van der Waals surface area contributed by atoms with Gasteiger partial charge in [0.1, 0.15) is 0 Å². The van der Waals surface area contributed by atoms with E-state index in [0.717, 1.165) is 60.0 Å². The van der Waals surface area contributed by atoms with Crippen LogP contribution in [0.5, 0.6) is 0 Å². The summed E-state index contributed by atoms with van der Waals surface area (Å²) in [5.74, 6) is 0. The van der Waals surface area contributed by atoms with Crippen LogP contribution in [0.1, 0.15) is 74.3 Å². The molecular weight excluding hydrogens is 483 g/mol. The van der Waals surface area contributed by atoms with Crippen molar-refractivity contribution in [2.75, 3.05) is 26.4 Å². The van der Waals surface area contributed by atoms with E-state index in [1.807, 2.05) is 0 Å². The molecule has 0 radical (unpaired) electrons. The van der Waals surface area contributed by atoms with Crippen LogP contribution in [0, 0.1) is 0 Å². The van der Waals surface area contributed by atoms with Crippen LogP contribution in [0.2, 0.25) is 9.63 Å². The molecule has 4 unspecified atom stereocenters. The van der Waals surface area contributed by atoms with Crippen LogP contribution in [-0.4, -0.2) is 41.4 Å². The van der Waals surface area contributed by atoms with Crippen LogP contribution in [0.4, 0.5) is 0 Å². The molecule has 0 saturated carbocycles. The summed E-state index contributed by atoms with van der Waals surface area (Å²) in [7, 11) is 0. The SMILES string of the molecule is c1c[n+](C2CCC3[Se]C2CCC3[n+]2ccc(C3OCCCO3)cc2)ccc1C1OCCCO1. The molecule has 6 heterocycles. The molecule has 0 N–H and O–H groups in total. The zero-order valence-electron chi connectivity index (χ0n) is 19.1. The van der Waals surface area contributed by atoms with Gasteiger partial charge in [-0.05, 0) is 0 Å². The molecule has 4 saturated heterocycles. The van der Waals surface area contributed by atoms with E-state index in [9.17, 15) is 0 Å². The Morgan fingerprint density at radius 3 is 1.36 bits per heavy atom. The zero-order chi connectivity index (χ0) is 22.0. The first-order chi connectivity index (χ1) is 16.3. The second-order valence-electron chi connectivity index (χ2n) is 9.51. The van der Waals surface area contributed by atoms with Crippen molar-refractivity contribution in [3.8, 4) is 0 Å². The molecule has 6 nitrogen and oxygen atoms in total. The van der Waals surface area contributed by atoms with Gasteiger partial charge in [0, 0.05) is 0 Å². The van der Waals surface area contributed by atoms with Gasteiger partial charge >= 0.3 is 202 Å². The van der Waals surface area contributed by atoms with E-state index in [-0.39, 0.29) is 12.6 Å². The van der Waals surface area contributed by atoms with E-state index in [1.165, 1.54) is 25.7 Å². The van der Waals surface area contributed by atoms with Crippen LogP contribution in [0.3, 0.4) is 0 Å². The molecule has 4 atom stereocenters. The van der Waals surface area contributed by atoms with Crippen molar-refractivity contribution in [3.05, 3.63) is 60.2 Å². The Bertz CT molecular complexity index is 837. The molecule has 4 aliphatic rings. The summed E-state index contributed by atoms with van der Waals surface area (Å²) in [5, 5.41) is 0. The molecule has 0 aliphatic carbocycles. The minimum atomic E-state index is -0.191.